The van der Waals surface area contributed by atoms with E-state index in [0.29, 0.717) is 6.54 Å². The second-order valence-corrected chi connectivity index (χ2v) is 3.82. The summed E-state index contributed by atoms with van der Waals surface area (Å²) >= 11 is 0. The molecule has 0 fully saturated rings. The molecule has 0 saturated carbocycles. The van der Waals surface area contributed by atoms with Crippen LogP contribution in [0, 0.1) is 0 Å². The predicted octanol–water partition coefficient (Wildman–Crippen LogP) is 0.978. The third-order valence-electron chi connectivity index (χ3n) is 2.62. The average Bonchev–Trinajstić information content (AvgIpc) is 2.39. The minimum atomic E-state index is -0.0900. The fourth-order valence-electron chi connectivity index (χ4n) is 1.68. The Labute approximate surface area is 103 Å². The fourth-order valence-corrected chi connectivity index (χ4v) is 1.68. The van der Waals surface area contributed by atoms with Gasteiger partial charge in [0.2, 0.25) is 5.91 Å². The number of hydrogen-bond donors (Lipinski definition) is 2. The highest BCUT2D eigenvalue weighted by molar-refractivity contribution is 5.77. The largest absolute Gasteiger partial charge is 0.372 e. The first-order valence-corrected chi connectivity index (χ1v) is 6.04. The molecule has 0 atom stereocenters. The molecule has 3 N–H and O–H groups in total. The van der Waals surface area contributed by atoms with Gasteiger partial charge in [-0.1, -0.05) is 18.2 Å². The number of hydrogen-bond acceptors (Lipinski definition) is 3. The Morgan fingerprint density at radius 1 is 1.35 bits per heavy atom. The van der Waals surface area contributed by atoms with Crippen LogP contribution in [0.4, 0.5) is 5.69 Å². The number of benzene rings is 1. The van der Waals surface area contributed by atoms with Crippen molar-refractivity contribution in [2.45, 2.75) is 13.3 Å². The first kappa shape index (κ1) is 13.5. The number of nitrogens with two attached hydrogens (primary N) is 1. The highest BCUT2D eigenvalue weighted by Gasteiger charge is 2.03. The molecule has 0 heterocycles. The summed E-state index contributed by atoms with van der Waals surface area (Å²) < 4.78 is 0. The first-order chi connectivity index (χ1) is 8.27. The van der Waals surface area contributed by atoms with Gasteiger partial charge in [-0.25, -0.2) is 0 Å². The zero-order valence-corrected chi connectivity index (χ0v) is 10.4. The molecule has 0 aliphatic carbocycles. The summed E-state index contributed by atoms with van der Waals surface area (Å²) in [7, 11) is 0. The average molecular weight is 235 g/mol. The van der Waals surface area contributed by atoms with E-state index in [1.807, 2.05) is 18.2 Å². The number of carbonyl (C=O) groups is 1. The third kappa shape index (κ3) is 4.87. The molecule has 1 aromatic carbocycles. The quantitative estimate of drug-likeness (QED) is 0.693. The van der Waals surface area contributed by atoms with Crippen LogP contribution in [0.25, 0.3) is 0 Å². The van der Waals surface area contributed by atoms with Gasteiger partial charge in [0.1, 0.15) is 0 Å². The van der Waals surface area contributed by atoms with Crippen LogP contribution in [-0.4, -0.2) is 32.1 Å². The molecule has 0 aromatic heterocycles. The monoisotopic (exact) mass is 235 g/mol. The summed E-state index contributed by atoms with van der Waals surface area (Å²) in [5.74, 6) is -0.0900. The van der Waals surface area contributed by atoms with Crippen LogP contribution in [0.15, 0.2) is 30.3 Å². The standard InChI is InChI=1S/C13H21N3O/c1-2-16(12-7-4-3-5-8-12)10-6-9-15-13(17)11-14/h3-5,7-8H,2,6,9-11,14H2,1H3,(H,15,17). The van der Waals surface area contributed by atoms with E-state index in [9.17, 15) is 4.79 Å². The van der Waals surface area contributed by atoms with Gasteiger partial charge in [0.15, 0.2) is 0 Å². The SMILES string of the molecule is CCN(CCCNC(=O)CN)c1ccccc1. The second kappa shape index (κ2) is 7.68. The topological polar surface area (TPSA) is 58.4 Å². The normalized spacial score (nSPS) is 10.0. The minimum Gasteiger partial charge on any atom is -0.372 e. The van der Waals surface area contributed by atoms with Gasteiger partial charge in [-0.15, -0.1) is 0 Å². The molecule has 17 heavy (non-hydrogen) atoms. The lowest BCUT2D eigenvalue weighted by Crippen LogP contribution is -2.33. The Kier molecular flexibility index (Phi) is 6.10. The molecule has 0 radical (unpaired) electrons. The molecule has 0 spiro atoms. The van der Waals surface area contributed by atoms with Crippen LogP contribution in [-0.2, 0) is 4.79 Å². The van der Waals surface area contributed by atoms with Gasteiger partial charge in [-0.3, -0.25) is 4.79 Å². The molecule has 4 nitrogen and oxygen atoms in total. The molecular weight excluding hydrogens is 214 g/mol. The van der Waals surface area contributed by atoms with Crippen LogP contribution >= 0.6 is 0 Å². The number of carbonyl (C=O) groups excluding carboxylic acids is 1. The van der Waals surface area contributed by atoms with E-state index in [1.54, 1.807) is 0 Å². The maximum atomic E-state index is 10.9. The van der Waals surface area contributed by atoms with Crippen molar-refractivity contribution in [2.75, 3.05) is 31.1 Å². The molecule has 1 aromatic rings. The van der Waals surface area contributed by atoms with Gasteiger partial charge in [-0.05, 0) is 25.5 Å². The number of anilines is 1. The lowest BCUT2D eigenvalue weighted by atomic mass is 10.2. The van der Waals surface area contributed by atoms with Crippen molar-refractivity contribution >= 4 is 11.6 Å². The molecule has 94 valence electrons. The molecule has 0 saturated heterocycles. The molecule has 0 aliphatic rings. The Morgan fingerprint density at radius 2 is 2.06 bits per heavy atom. The molecule has 1 rings (SSSR count). The smallest absolute Gasteiger partial charge is 0.233 e. The van der Waals surface area contributed by atoms with Crippen molar-refractivity contribution in [3.8, 4) is 0 Å². The molecule has 0 bridgehead atoms. The number of nitrogens with zero attached hydrogens (tertiary/aromatic N) is 1. The van der Waals surface area contributed by atoms with Crippen LogP contribution in [0.1, 0.15) is 13.3 Å². The van der Waals surface area contributed by atoms with Crippen LogP contribution < -0.4 is 16.0 Å². The van der Waals surface area contributed by atoms with E-state index in [0.717, 1.165) is 19.5 Å². The summed E-state index contributed by atoms with van der Waals surface area (Å²) in [6, 6.07) is 10.3. The fraction of sp³-hybridized carbons (Fsp3) is 0.462. The lowest BCUT2D eigenvalue weighted by Gasteiger charge is -2.23. The number of amides is 1. The van der Waals surface area contributed by atoms with Crippen LogP contribution in [0.2, 0.25) is 0 Å². The van der Waals surface area contributed by atoms with Crippen molar-refractivity contribution in [2.24, 2.45) is 5.73 Å². The minimum absolute atomic E-state index is 0.0657. The Morgan fingerprint density at radius 3 is 2.65 bits per heavy atom. The Bertz CT molecular complexity index is 327. The maximum Gasteiger partial charge on any atom is 0.233 e. The maximum absolute atomic E-state index is 10.9. The van der Waals surface area contributed by atoms with E-state index in [1.165, 1.54) is 5.69 Å². The number of rotatable bonds is 7. The van der Waals surface area contributed by atoms with Crippen molar-refractivity contribution in [1.29, 1.82) is 0 Å². The van der Waals surface area contributed by atoms with Crippen molar-refractivity contribution in [1.82, 2.24) is 5.32 Å². The first-order valence-electron chi connectivity index (χ1n) is 6.04. The summed E-state index contributed by atoms with van der Waals surface area (Å²) in [4.78, 5) is 13.2. The zero-order valence-electron chi connectivity index (χ0n) is 10.4. The summed E-state index contributed by atoms with van der Waals surface area (Å²) in [5, 5.41) is 2.77. The van der Waals surface area contributed by atoms with Crippen molar-refractivity contribution < 1.29 is 4.79 Å². The lowest BCUT2D eigenvalue weighted by molar-refractivity contribution is -0.119. The van der Waals surface area contributed by atoms with Crippen LogP contribution in [0.5, 0.6) is 0 Å². The van der Waals surface area contributed by atoms with E-state index >= 15 is 0 Å². The van der Waals surface area contributed by atoms with Crippen LogP contribution in [0.3, 0.4) is 0 Å². The van der Waals surface area contributed by atoms with Gasteiger partial charge in [0, 0.05) is 25.3 Å². The summed E-state index contributed by atoms with van der Waals surface area (Å²) in [5.41, 5.74) is 6.43. The summed E-state index contributed by atoms with van der Waals surface area (Å²) in [6.07, 6.45) is 0.925. The third-order valence-corrected chi connectivity index (χ3v) is 2.62. The van der Waals surface area contributed by atoms with E-state index in [2.05, 4.69) is 29.3 Å². The van der Waals surface area contributed by atoms with Gasteiger partial charge in [0.05, 0.1) is 6.54 Å². The van der Waals surface area contributed by atoms with E-state index < -0.39 is 0 Å². The van der Waals surface area contributed by atoms with Gasteiger partial charge in [-0.2, -0.15) is 0 Å². The van der Waals surface area contributed by atoms with E-state index in [4.69, 9.17) is 5.73 Å². The van der Waals surface area contributed by atoms with Gasteiger partial charge >= 0.3 is 0 Å². The van der Waals surface area contributed by atoms with Gasteiger partial charge < -0.3 is 16.0 Å². The van der Waals surface area contributed by atoms with E-state index in [-0.39, 0.29) is 12.5 Å². The molecule has 0 aliphatic heterocycles. The zero-order chi connectivity index (χ0) is 12.5. The predicted molar refractivity (Wildman–Crippen MR) is 71.0 cm³/mol. The highest BCUT2D eigenvalue weighted by Crippen LogP contribution is 2.12. The highest BCUT2D eigenvalue weighted by atomic mass is 16.1. The van der Waals surface area contributed by atoms with Crippen molar-refractivity contribution in [3.05, 3.63) is 30.3 Å². The number of para-hydroxylation sites is 1. The Balaban J connectivity index is 2.31. The molecule has 0 unspecified atom stereocenters. The van der Waals surface area contributed by atoms with Gasteiger partial charge in [0.25, 0.3) is 0 Å². The summed E-state index contributed by atoms with van der Waals surface area (Å²) in [6.45, 7) is 4.78. The molecule has 1 amide bonds. The second-order valence-electron chi connectivity index (χ2n) is 3.82. The van der Waals surface area contributed by atoms with Crippen molar-refractivity contribution in [3.63, 3.8) is 0 Å². The Hall–Kier alpha value is -1.55. The molecule has 4 heteroatoms. The number of nitrogens with one attached hydrogen (secondary N) is 1. The molecular formula is C13H21N3O.